The molecule has 0 aliphatic carbocycles. The summed E-state index contributed by atoms with van der Waals surface area (Å²) in [6.45, 7) is 5.82. The molecule has 25 heavy (non-hydrogen) atoms. The lowest BCUT2D eigenvalue weighted by Crippen LogP contribution is -2.33. The van der Waals surface area contributed by atoms with Crippen molar-refractivity contribution >= 4 is 28.4 Å². The highest BCUT2D eigenvalue weighted by Gasteiger charge is 2.13. The summed E-state index contributed by atoms with van der Waals surface area (Å²) < 4.78 is 0. The van der Waals surface area contributed by atoms with Crippen molar-refractivity contribution in [3.05, 3.63) is 58.8 Å². The van der Waals surface area contributed by atoms with Crippen molar-refractivity contribution in [2.24, 2.45) is 0 Å². The highest BCUT2D eigenvalue weighted by molar-refractivity contribution is 6.07. The van der Waals surface area contributed by atoms with Crippen LogP contribution in [0.15, 0.2) is 36.5 Å². The van der Waals surface area contributed by atoms with Gasteiger partial charge in [-0.2, -0.15) is 5.10 Å². The van der Waals surface area contributed by atoms with E-state index in [9.17, 15) is 9.59 Å². The summed E-state index contributed by atoms with van der Waals surface area (Å²) in [6.07, 6.45) is 1.65. The minimum atomic E-state index is -0.317. The Morgan fingerprint density at radius 1 is 1.12 bits per heavy atom. The van der Waals surface area contributed by atoms with Crippen molar-refractivity contribution < 1.29 is 9.59 Å². The van der Waals surface area contributed by atoms with Gasteiger partial charge < -0.3 is 10.6 Å². The quantitative estimate of drug-likeness (QED) is 0.685. The first-order chi connectivity index (χ1) is 12.0. The number of nitrogens with one attached hydrogen (secondary N) is 3. The van der Waals surface area contributed by atoms with E-state index in [1.54, 1.807) is 18.3 Å². The third-order valence-corrected chi connectivity index (χ3v) is 4.07. The number of hydrogen-bond donors (Lipinski definition) is 3. The molecule has 3 aromatic rings. The molecule has 0 spiro atoms. The summed E-state index contributed by atoms with van der Waals surface area (Å²) in [7, 11) is 0. The smallest absolute Gasteiger partial charge is 0.253 e. The number of fused-ring (bicyclic) bond motifs is 1. The molecule has 0 aliphatic heterocycles. The van der Waals surface area contributed by atoms with Crippen LogP contribution in [0.2, 0.25) is 0 Å². The summed E-state index contributed by atoms with van der Waals surface area (Å²) in [5.74, 6) is -0.581. The molecule has 0 bridgehead atoms. The standard InChI is InChI=1S/C19H20N4O2/c1-11-7-12(2)17(13(3)8-11)22-16(24)10-20-19(25)15-6-4-5-14-9-21-23-18(14)15/h4-9H,10H2,1-3H3,(H,20,25)(H,21,23)(H,22,24). The number of benzene rings is 2. The fourth-order valence-electron chi connectivity index (χ4n) is 2.97. The van der Waals surface area contributed by atoms with Crippen LogP contribution in [-0.4, -0.2) is 28.6 Å². The lowest BCUT2D eigenvalue weighted by molar-refractivity contribution is -0.115. The van der Waals surface area contributed by atoms with E-state index in [1.165, 1.54) is 0 Å². The molecule has 2 aromatic carbocycles. The van der Waals surface area contributed by atoms with Crippen LogP contribution >= 0.6 is 0 Å². The number of hydrogen-bond acceptors (Lipinski definition) is 3. The molecule has 0 unspecified atom stereocenters. The van der Waals surface area contributed by atoms with Gasteiger partial charge >= 0.3 is 0 Å². The average Bonchev–Trinajstić information content (AvgIpc) is 3.04. The van der Waals surface area contributed by atoms with E-state index in [2.05, 4.69) is 20.8 Å². The molecule has 0 aliphatic rings. The van der Waals surface area contributed by atoms with Gasteiger partial charge in [0.25, 0.3) is 5.91 Å². The number of para-hydroxylation sites is 1. The summed E-state index contributed by atoms with van der Waals surface area (Å²) in [4.78, 5) is 24.6. The minimum Gasteiger partial charge on any atom is -0.343 e. The SMILES string of the molecule is Cc1cc(C)c(NC(=O)CNC(=O)c2cccc3cn[nH]c23)c(C)c1. The summed E-state index contributed by atoms with van der Waals surface area (Å²) in [5.41, 5.74) is 5.06. The number of anilines is 1. The molecule has 2 amide bonds. The average molecular weight is 336 g/mol. The highest BCUT2D eigenvalue weighted by Crippen LogP contribution is 2.21. The molecule has 0 atom stereocenters. The summed E-state index contributed by atoms with van der Waals surface area (Å²) in [6, 6.07) is 9.37. The third-order valence-electron chi connectivity index (χ3n) is 4.07. The van der Waals surface area contributed by atoms with Gasteiger partial charge in [-0.1, -0.05) is 29.8 Å². The first kappa shape index (κ1) is 16.7. The van der Waals surface area contributed by atoms with Crippen molar-refractivity contribution in [3.63, 3.8) is 0 Å². The van der Waals surface area contributed by atoms with Gasteiger partial charge in [0.1, 0.15) is 0 Å². The second-order valence-electron chi connectivity index (χ2n) is 6.14. The zero-order chi connectivity index (χ0) is 18.0. The predicted octanol–water partition coefficient (Wildman–Crippen LogP) is 2.86. The maximum absolute atomic E-state index is 12.4. The number of rotatable bonds is 4. The maximum Gasteiger partial charge on any atom is 0.253 e. The molecule has 1 heterocycles. The molecule has 6 heteroatoms. The van der Waals surface area contributed by atoms with Crippen molar-refractivity contribution in [2.75, 3.05) is 11.9 Å². The van der Waals surface area contributed by atoms with E-state index < -0.39 is 0 Å². The molecule has 3 rings (SSSR count). The zero-order valence-corrected chi connectivity index (χ0v) is 14.4. The van der Waals surface area contributed by atoms with Crippen LogP contribution in [0.25, 0.3) is 10.9 Å². The molecular formula is C19H20N4O2. The van der Waals surface area contributed by atoms with Crippen molar-refractivity contribution in [3.8, 4) is 0 Å². The first-order valence-electron chi connectivity index (χ1n) is 8.03. The Morgan fingerprint density at radius 2 is 1.84 bits per heavy atom. The molecule has 0 saturated heterocycles. The summed E-state index contributed by atoms with van der Waals surface area (Å²) in [5, 5.41) is 13.1. The monoisotopic (exact) mass is 336 g/mol. The summed E-state index contributed by atoms with van der Waals surface area (Å²) >= 11 is 0. The largest absolute Gasteiger partial charge is 0.343 e. The van der Waals surface area contributed by atoms with Gasteiger partial charge in [-0.15, -0.1) is 0 Å². The maximum atomic E-state index is 12.4. The third kappa shape index (κ3) is 3.52. The van der Waals surface area contributed by atoms with Crippen molar-refractivity contribution in [2.45, 2.75) is 20.8 Å². The molecule has 0 fully saturated rings. The van der Waals surface area contributed by atoms with Gasteiger partial charge in [0.2, 0.25) is 5.91 Å². The number of H-pyrrole nitrogens is 1. The van der Waals surface area contributed by atoms with E-state index in [4.69, 9.17) is 0 Å². The number of carbonyl (C=O) groups excluding carboxylic acids is 2. The Kier molecular flexibility index (Phi) is 4.52. The lowest BCUT2D eigenvalue weighted by Gasteiger charge is -2.13. The number of amides is 2. The van der Waals surface area contributed by atoms with Gasteiger partial charge in [0, 0.05) is 11.1 Å². The van der Waals surface area contributed by atoms with Gasteiger partial charge in [-0.3, -0.25) is 14.7 Å². The van der Waals surface area contributed by atoms with E-state index >= 15 is 0 Å². The first-order valence-corrected chi connectivity index (χ1v) is 8.03. The number of aryl methyl sites for hydroxylation is 3. The molecular weight excluding hydrogens is 316 g/mol. The minimum absolute atomic E-state index is 0.101. The Hall–Kier alpha value is -3.15. The number of aromatic nitrogens is 2. The van der Waals surface area contributed by atoms with Crippen LogP contribution in [0, 0.1) is 20.8 Å². The van der Waals surface area contributed by atoms with E-state index in [0.717, 1.165) is 27.8 Å². The fraction of sp³-hybridized carbons (Fsp3) is 0.211. The molecule has 1 aromatic heterocycles. The normalized spacial score (nSPS) is 10.7. The van der Waals surface area contributed by atoms with E-state index in [0.29, 0.717) is 11.1 Å². The zero-order valence-electron chi connectivity index (χ0n) is 14.4. The molecule has 0 saturated carbocycles. The van der Waals surface area contributed by atoms with Crippen LogP contribution in [0.5, 0.6) is 0 Å². The Morgan fingerprint density at radius 3 is 2.56 bits per heavy atom. The predicted molar refractivity (Wildman–Crippen MR) is 97.7 cm³/mol. The lowest BCUT2D eigenvalue weighted by atomic mass is 10.1. The fourth-order valence-corrected chi connectivity index (χ4v) is 2.97. The Bertz CT molecular complexity index is 936. The van der Waals surface area contributed by atoms with Crippen LogP contribution < -0.4 is 10.6 Å². The molecule has 6 nitrogen and oxygen atoms in total. The van der Waals surface area contributed by atoms with Crippen LogP contribution in [-0.2, 0) is 4.79 Å². The van der Waals surface area contributed by atoms with Crippen molar-refractivity contribution in [1.82, 2.24) is 15.5 Å². The highest BCUT2D eigenvalue weighted by atomic mass is 16.2. The second kappa shape index (κ2) is 6.76. The topological polar surface area (TPSA) is 86.9 Å². The number of aromatic amines is 1. The number of carbonyl (C=O) groups is 2. The van der Waals surface area contributed by atoms with Crippen LogP contribution in [0.4, 0.5) is 5.69 Å². The number of nitrogens with zero attached hydrogens (tertiary/aromatic N) is 1. The van der Waals surface area contributed by atoms with E-state index in [-0.39, 0.29) is 18.4 Å². The van der Waals surface area contributed by atoms with Gasteiger partial charge in [-0.25, -0.2) is 0 Å². The van der Waals surface area contributed by atoms with E-state index in [1.807, 2.05) is 39.0 Å². The van der Waals surface area contributed by atoms with Gasteiger partial charge in [0.15, 0.2) is 0 Å². The second-order valence-corrected chi connectivity index (χ2v) is 6.14. The van der Waals surface area contributed by atoms with Gasteiger partial charge in [-0.05, 0) is 38.0 Å². The molecule has 0 radical (unpaired) electrons. The molecule has 3 N–H and O–H groups in total. The van der Waals surface area contributed by atoms with Crippen LogP contribution in [0.1, 0.15) is 27.0 Å². The van der Waals surface area contributed by atoms with Crippen molar-refractivity contribution in [1.29, 1.82) is 0 Å². The Labute approximate surface area is 145 Å². The van der Waals surface area contributed by atoms with Crippen LogP contribution in [0.3, 0.4) is 0 Å². The molecule has 128 valence electrons. The van der Waals surface area contributed by atoms with Gasteiger partial charge in [0.05, 0.1) is 23.8 Å². The Balaban J connectivity index is 1.67.